The number of rotatable bonds is 4. The van der Waals surface area contributed by atoms with Gasteiger partial charge in [0.1, 0.15) is 10.8 Å². The summed E-state index contributed by atoms with van der Waals surface area (Å²) in [5, 5.41) is 12.9. The van der Waals surface area contributed by atoms with E-state index in [0.717, 1.165) is 10.0 Å². The third-order valence-electron chi connectivity index (χ3n) is 2.60. The minimum absolute atomic E-state index is 0.0216. The summed E-state index contributed by atoms with van der Waals surface area (Å²) in [7, 11) is 0. The van der Waals surface area contributed by atoms with Gasteiger partial charge in [-0.15, -0.1) is 0 Å². The Hall–Kier alpha value is -0.980. The van der Waals surface area contributed by atoms with E-state index in [4.69, 9.17) is 16.7 Å². The van der Waals surface area contributed by atoms with E-state index in [1.54, 1.807) is 0 Å². The topological polar surface area (TPSA) is 38.1 Å². The fourth-order valence-corrected chi connectivity index (χ4v) is 2.43. The van der Waals surface area contributed by atoms with Gasteiger partial charge in [-0.05, 0) is 17.7 Å². The number of hydrogen-bond donors (Lipinski definition) is 1. The number of halogens is 4. The summed E-state index contributed by atoms with van der Waals surface area (Å²) in [6.45, 7) is -0.297. The van der Waals surface area contributed by atoms with E-state index in [9.17, 15) is 8.78 Å². The normalized spacial score (nSPS) is 11.3. The van der Waals surface area contributed by atoms with Gasteiger partial charge in [-0.25, -0.2) is 13.5 Å². The molecule has 2 rings (SSSR count). The molecule has 1 heterocycles. The predicted molar refractivity (Wildman–Crippen MR) is 71.4 cm³/mol. The molecule has 0 spiro atoms. The van der Waals surface area contributed by atoms with Gasteiger partial charge in [0.2, 0.25) is 0 Å². The summed E-state index contributed by atoms with van der Waals surface area (Å²) in [6, 6.07) is 7.37. The Kier molecular flexibility index (Phi) is 4.54. The molecule has 7 heteroatoms. The van der Waals surface area contributed by atoms with Crippen LogP contribution in [-0.4, -0.2) is 14.9 Å². The van der Waals surface area contributed by atoms with Gasteiger partial charge in [-0.2, -0.15) is 5.10 Å². The number of nitrogens with zero attached hydrogens (tertiary/aromatic N) is 2. The Morgan fingerprint density at radius 1 is 1.42 bits per heavy atom. The van der Waals surface area contributed by atoms with Crippen LogP contribution in [0.3, 0.4) is 0 Å². The van der Waals surface area contributed by atoms with Gasteiger partial charge >= 0.3 is 0 Å². The predicted octanol–water partition coefficient (Wildman–Crippen LogP) is 3.78. The average molecular weight is 352 g/mol. The van der Waals surface area contributed by atoms with Crippen molar-refractivity contribution in [2.75, 3.05) is 0 Å². The zero-order valence-electron chi connectivity index (χ0n) is 9.65. The molecule has 0 amide bonds. The lowest BCUT2D eigenvalue weighted by atomic mass is 10.2. The van der Waals surface area contributed by atoms with E-state index in [2.05, 4.69) is 21.0 Å². The molecule has 0 atom stereocenters. The highest BCUT2D eigenvalue weighted by Crippen LogP contribution is 2.28. The second-order valence-electron chi connectivity index (χ2n) is 3.90. The molecule has 19 heavy (non-hydrogen) atoms. The van der Waals surface area contributed by atoms with Gasteiger partial charge in [-0.1, -0.05) is 39.7 Å². The Balaban J connectivity index is 2.35. The fourth-order valence-electron chi connectivity index (χ4n) is 1.73. The summed E-state index contributed by atoms with van der Waals surface area (Å²) in [5.74, 6) is 0. The van der Waals surface area contributed by atoms with Gasteiger partial charge in [0, 0.05) is 10.0 Å². The molecule has 102 valence electrons. The van der Waals surface area contributed by atoms with E-state index in [1.807, 2.05) is 24.3 Å². The van der Waals surface area contributed by atoms with Crippen LogP contribution in [0, 0.1) is 0 Å². The second kappa shape index (κ2) is 5.98. The molecule has 1 N–H and O–H groups in total. The maximum Gasteiger partial charge on any atom is 0.282 e. The summed E-state index contributed by atoms with van der Waals surface area (Å²) in [4.78, 5) is 0. The summed E-state index contributed by atoms with van der Waals surface area (Å²) in [6.07, 6.45) is -2.76. The van der Waals surface area contributed by atoms with Crippen molar-refractivity contribution in [2.45, 2.75) is 19.6 Å². The summed E-state index contributed by atoms with van der Waals surface area (Å²) in [5.41, 5.74) is 0.373. The van der Waals surface area contributed by atoms with E-state index in [0.29, 0.717) is 0 Å². The molecule has 3 nitrogen and oxygen atoms in total. The molecule has 1 aromatic carbocycles. The van der Waals surface area contributed by atoms with Crippen molar-refractivity contribution in [3.05, 3.63) is 50.7 Å². The maximum atomic E-state index is 12.8. The molecule has 0 aliphatic heterocycles. The molecule has 0 saturated carbocycles. The molecular weight excluding hydrogens is 341 g/mol. The first-order valence-corrected chi connectivity index (χ1v) is 6.58. The number of alkyl halides is 2. The van der Waals surface area contributed by atoms with E-state index in [-0.39, 0.29) is 17.3 Å². The molecule has 0 bridgehead atoms. The third-order valence-corrected chi connectivity index (χ3v) is 3.52. The Bertz CT molecular complexity index is 589. The van der Waals surface area contributed by atoms with Crippen molar-refractivity contribution in [2.24, 2.45) is 0 Å². The molecule has 0 radical (unpaired) electrons. The lowest BCUT2D eigenvalue weighted by Gasteiger charge is -2.04. The Morgan fingerprint density at radius 3 is 2.68 bits per heavy atom. The van der Waals surface area contributed by atoms with Crippen LogP contribution in [0.5, 0.6) is 0 Å². The lowest BCUT2D eigenvalue weighted by Crippen LogP contribution is -2.02. The van der Waals surface area contributed by atoms with Crippen LogP contribution in [0.2, 0.25) is 5.15 Å². The molecule has 1 aromatic heterocycles. The van der Waals surface area contributed by atoms with E-state index < -0.39 is 18.7 Å². The number of aromatic nitrogens is 2. The first-order valence-electron chi connectivity index (χ1n) is 5.41. The van der Waals surface area contributed by atoms with E-state index in [1.165, 1.54) is 4.68 Å². The van der Waals surface area contributed by atoms with Crippen LogP contribution in [0.1, 0.15) is 23.2 Å². The molecular formula is C12H10BrClF2N2O. The molecule has 0 aliphatic carbocycles. The van der Waals surface area contributed by atoms with E-state index >= 15 is 0 Å². The number of hydrogen-bond acceptors (Lipinski definition) is 2. The van der Waals surface area contributed by atoms with Crippen molar-refractivity contribution >= 4 is 27.5 Å². The first-order chi connectivity index (χ1) is 9.02. The monoisotopic (exact) mass is 350 g/mol. The molecule has 2 aromatic rings. The van der Waals surface area contributed by atoms with Crippen molar-refractivity contribution in [3.8, 4) is 0 Å². The van der Waals surface area contributed by atoms with Crippen molar-refractivity contribution in [1.82, 2.24) is 9.78 Å². The molecule has 0 fully saturated rings. The van der Waals surface area contributed by atoms with Crippen LogP contribution in [-0.2, 0) is 13.2 Å². The minimum atomic E-state index is -2.76. The molecule has 0 saturated heterocycles. The van der Waals surface area contributed by atoms with Crippen LogP contribution >= 0.6 is 27.5 Å². The number of aliphatic hydroxyl groups excluding tert-OH is 1. The molecule has 0 aliphatic rings. The second-order valence-corrected chi connectivity index (χ2v) is 5.17. The highest BCUT2D eigenvalue weighted by atomic mass is 79.9. The van der Waals surface area contributed by atoms with Gasteiger partial charge in [0.05, 0.1) is 13.2 Å². The first kappa shape index (κ1) is 14.4. The van der Waals surface area contributed by atoms with Crippen molar-refractivity contribution in [1.29, 1.82) is 0 Å². The zero-order chi connectivity index (χ0) is 14.0. The van der Waals surface area contributed by atoms with Crippen LogP contribution in [0.25, 0.3) is 0 Å². The average Bonchev–Trinajstić information content (AvgIpc) is 2.66. The van der Waals surface area contributed by atoms with Crippen LogP contribution in [0.4, 0.5) is 8.78 Å². The largest absolute Gasteiger partial charge is 0.391 e. The summed E-state index contributed by atoms with van der Waals surface area (Å²) < 4.78 is 27.7. The lowest BCUT2D eigenvalue weighted by molar-refractivity contribution is 0.141. The zero-order valence-corrected chi connectivity index (χ0v) is 12.0. The van der Waals surface area contributed by atoms with Gasteiger partial charge in [-0.3, -0.25) is 0 Å². The summed E-state index contributed by atoms with van der Waals surface area (Å²) >= 11 is 9.29. The van der Waals surface area contributed by atoms with Gasteiger partial charge in [0.15, 0.2) is 0 Å². The van der Waals surface area contributed by atoms with Gasteiger partial charge < -0.3 is 5.11 Å². The highest BCUT2D eigenvalue weighted by molar-refractivity contribution is 9.10. The maximum absolute atomic E-state index is 12.8. The van der Waals surface area contributed by atoms with Gasteiger partial charge in [0.25, 0.3) is 6.43 Å². The van der Waals surface area contributed by atoms with Crippen molar-refractivity contribution < 1.29 is 13.9 Å². The van der Waals surface area contributed by atoms with Crippen molar-refractivity contribution in [3.63, 3.8) is 0 Å². The molecule has 0 unspecified atom stereocenters. The third kappa shape index (κ3) is 3.13. The highest BCUT2D eigenvalue weighted by Gasteiger charge is 2.22. The standard InChI is InChI=1S/C12H10BrClF2N2O/c13-8-3-1-2-7(4-8)5-18-11(14)9(6-19)10(17-18)12(15)16/h1-4,12,19H,5-6H2. The fraction of sp³-hybridized carbons (Fsp3) is 0.250. The Morgan fingerprint density at radius 2 is 2.16 bits per heavy atom. The Labute approximate surface area is 121 Å². The smallest absolute Gasteiger partial charge is 0.282 e. The minimum Gasteiger partial charge on any atom is -0.391 e. The van der Waals surface area contributed by atoms with Crippen LogP contribution < -0.4 is 0 Å². The van der Waals surface area contributed by atoms with Crippen LogP contribution in [0.15, 0.2) is 28.7 Å². The number of benzene rings is 1. The number of aliphatic hydroxyl groups is 1. The quantitative estimate of drug-likeness (QED) is 0.910. The SMILES string of the molecule is OCc1c(C(F)F)nn(Cc2cccc(Br)c2)c1Cl.